The van der Waals surface area contributed by atoms with Crippen LogP contribution in [0.1, 0.15) is 12.5 Å². The Morgan fingerprint density at radius 1 is 1.58 bits per heavy atom. The lowest BCUT2D eigenvalue weighted by atomic mass is 10.2. The second-order valence-electron chi connectivity index (χ2n) is 2.61. The zero-order valence-electron chi connectivity index (χ0n) is 6.66. The largest absolute Gasteiger partial charge is 0.288 e. The number of nitrogens with zero attached hydrogens (tertiary/aromatic N) is 3. The molecule has 0 aliphatic heterocycles. The molecule has 62 valence electrons. The Kier molecular flexibility index (Phi) is 1.84. The Balaban J connectivity index is 2.75. The van der Waals surface area contributed by atoms with Gasteiger partial charge >= 0.3 is 0 Å². The van der Waals surface area contributed by atoms with Crippen LogP contribution in [0.4, 0.5) is 0 Å². The van der Waals surface area contributed by atoms with Crippen LogP contribution in [0.15, 0.2) is 23.1 Å². The molecule has 0 saturated carbocycles. The highest BCUT2D eigenvalue weighted by molar-refractivity contribution is 9.10. The maximum Gasteiger partial charge on any atom is 0.174 e. The fourth-order valence-electron chi connectivity index (χ4n) is 1.14. The van der Waals surface area contributed by atoms with E-state index in [0.717, 1.165) is 16.5 Å². The maximum atomic E-state index is 3.96. The zero-order chi connectivity index (χ0) is 8.55. The molecule has 2 rings (SSSR count). The van der Waals surface area contributed by atoms with E-state index in [1.54, 1.807) is 6.33 Å². The van der Waals surface area contributed by atoms with Gasteiger partial charge in [-0.1, -0.05) is 6.92 Å². The topological polar surface area (TPSA) is 30.2 Å². The third-order valence-electron chi connectivity index (χ3n) is 1.81. The van der Waals surface area contributed by atoms with Crippen LogP contribution in [-0.4, -0.2) is 14.6 Å². The Morgan fingerprint density at radius 2 is 2.42 bits per heavy atom. The molecule has 0 radical (unpaired) electrons. The summed E-state index contributed by atoms with van der Waals surface area (Å²) in [7, 11) is 0. The SMILES string of the molecule is CCc1cc(Br)c2nncn2c1. The summed E-state index contributed by atoms with van der Waals surface area (Å²) < 4.78 is 2.92. The van der Waals surface area contributed by atoms with Crippen molar-refractivity contribution >= 4 is 21.6 Å². The van der Waals surface area contributed by atoms with Crippen molar-refractivity contribution in [3.8, 4) is 0 Å². The van der Waals surface area contributed by atoms with Crippen molar-refractivity contribution in [1.82, 2.24) is 14.6 Å². The lowest BCUT2D eigenvalue weighted by molar-refractivity contribution is 1.06. The molecule has 2 heterocycles. The minimum Gasteiger partial charge on any atom is -0.288 e. The van der Waals surface area contributed by atoms with Gasteiger partial charge in [-0.2, -0.15) is 0 Å². The molecule has 0 bridgehead atoms. The summed E-state index contributed by atoms with van der Waals surface area (Å²) in [6, 6.07) is 2.07. The van der Waals surface area contributed by atoms with Crippen LogP contribution in [0.25, 0.3) is 5.65 Å². The normalized spacial score (nSPS) is 10.8. The van der Waals surface area contributed by atoms with Crippen molar-refractivity contribution in [3.05, 3.63) is 28.6 Å². The second-order valence-corrected chi connectivity index (χ2v) is 3.47. The van der Waals surface area contributed by atoms with Gasteiger partial charge in [0.1, 0.15) is 6.33 Å². The van der Waals surface area contributed by atoms with E-state index >= 15 is 0 Å². The number of aromatic nitrogens is 3. The van der Waals surface area contributed by atoms with Crippen LogP contribution in [0, 0.1) is 0 Å². The van der Waals surface area contributed by atoms with Gasteiger partial charge in [-0.3, -0.25) is 4.40 Å². The van der Waals surface area contributed by atoms with Gasteiger partial charge in [0.05, 0.1) is 4.47 Å². The van der Waals surface area contributed by atoms with Crippen molar-refractivity contribution in [3.63, 3.8) is 0 Å². The lowest BCUT2D eigenvalue weighted by Gasteiger charge is -1.99. The Labute approximate surface area is 78.6 Å². The summed E-state index contributed by atoms with van der Waals surface area (Å²) in [5.41, 5.74) is 2.14. The molecule has 0 aromatic carbocycles. The van der Waals surface area contributed by atoms with Crippen LogP contribution >= 0.6 is 15.9 Å². The molecule has 0 atom stereocenters. The van der Waals surface area contributed by atoms with E-state index in [-0.39, 0.29) is 0 Å². The van der Waals surface area contributed by atoms with E-state index in [2.05, 4.69) is 39.1 Å². The highest BCUT2D eigenvalue weighted by Crippen LogP contribution is 2.17. The van der Waals surface area contributed by atoms with E-state index in [9.17, 15) is 0 Å². The van der Waals surface area contributed by atoms with Gasteiger partial charge in [-0.05, 0) is 34.0 Å². The summed E-state index contributed by atoms with van der Waals surface area (Å²) >= 11 is 3.44. The summed E-state index contributed by atoms with van der Waals surface area (Å²) in [6.45, 7) is 2.12. The van der Waals surface area contributed by atoms with Gasteiger partial charge < -0.3 is 0 Å². The first-order chi connectivity index (χ1) is 5.81. The van der Waals surface area contributed by atoms with Gasteiger partial charge in [0, 0.05) is 6.20 Å². The predicted molar refractivity (Wildman–Crippen MR) is 50.1 cm³/mol. The van der Waals surface area contributed by atoms with Gasteiger partial charge in [0.25, 0.3) is 0 Å². The van der Waals surface area contributed by atoms with E-state index < -0.39 is 0 Å². The maximum absolute atomic E-state index is 3.96. The number of pyridine rings is 1. The Hall–Kier alpha value is -0.900. The highest BCUT2D eigenvalue weighted by Gasteiger charge is 2.01. The third kappa shape index (κ3) is 1.12. The first-order valence-electron chi connectivity index (χ1n) is 3.79. The highest BCUT2D eigenvalue weighted by atomic mass is 79.9. The second kappa shape index (κ2) is 2.86. The molecular formula is C8H8BrN3. The molecule has 0 saturated heterocycles. The summed E-state index contributed by atoms with van der Waals surface area (Å²) in [5, 5.41) is 7.78. The van der Waals surface area contributed by atoms with Crippen molar-refractivity contribution in [2.45, 2.75) is 13.3 Å². The fraction of sp³-hybridized carbons (Fsp3) is 0.250. The van der Waals surface area contributed by atoms with Crippen molar-refractivity contribution in [1.29, 1.82) is 0 Å². The summed E-state index contributed by atoms with van der Waals surface area (Å²) in [4.78, 5) is 0. The Bertz CT molecular complexity index is 408. The first kappa shape index (κ1) is 7.73. The minimum absolute atomic E-state index is 0.868. The molecular weight excluding hydrogens is 218 g/mol. The molecule has 0 aliphatic rings. The van der Waals surface area contributed by atoms with Crippen LogP contribution in [0.3, 0.4) is 0 Å². The number of aryl methyl sites for hydroxylation is 1. The summed E-state index contributed by atoms with van der Waals surface area (Å²) in [6.07, 6.45) is 4.77. The van der Waals surface area contributed by atoms with Gasteiger partial charge in [-0.25, -0.2) is 0 Å². The van der Waals surface area contributed by atoms with Gasteiger partial charge in [0.2, 0.25) is 0 Å². The first-order valence-corrected chi connectivity index (χ1v) is 4.58. The molecule has 3 nitrogen and oxygen atoms in total. The smallest absolute Gasteiger partial charge is 0.174 e. The van der Waals surface area contributed by atoms with Gasteiger partial charge in [0.15, 0.2) is 5.65 Å². The molecule has 0 unspecified atom stereocenters. The number of hydrogen-bond acceptors (Lipinski definition) is 2. The quantitative estimate of drug-likeness (QED) is 0.744. The molecule has 2 aromatic heterocycles. The van der Waals surface area contributed by atoms with Crippen LogP contribution in [-0.2, 0) is 6.42 Å². The van der Waals surface area contributed by atoms with Crippen molar-refractivity contribution < 1.29 is 0 Å². The molecule has 0 spiro atoms. The molecule has 12 heavy (non-hydrogen) atoms. The fourth-order valence-corrected chi connectivity index (χ4v) is 1.72. The van der Waals surface area contributed by atoms with Crippen LogP contribution in [0.5, 0.6) is 0 Å². The third-order valence-corrected chi connectivity index (χ3v) is 2.40. The van der Waals surface area contributed by atoms with Crippen LogP contribution in [0.2, 0.25) is 0 Å². The molecule has 0 N–H and O–H groups in total. The van der Waals surface area contributed by atoms with E-state index in [0.29, 0.717) is 0 Å². The van der Waals surface area contributed by atoms with E-state index in [1.807, 2.05) is 10.6 Å². The van der Waals surface area contributed by atoms with E-state index in [4.69, 9.17) is 0 Å². The number of hydrogen-bond donors (Lipinski definition) is 0. The number of rotatable bonds is 1. The Morgan fingerprint density at radius 3 is 3.17 bits per heavy atom. The average Bonchev–Trinajstić information content (AvgIpc) is 2.52. The molecule has 0 fully saturated rings. The number of halogens is 1. The van der Waals surface area contributed by atoms with E-state index in [1.165, 1.54) is 5.56 Å². The molecule has 4 heteroatoms. The average molecular weight is 226 g/mol. The standard InChI is InChI=1S/C8H8BrN3/c1-2-6-3-7(9)8-11-10-5-12(8)4-6/h3-5H,2H2,1H3. The number of fused-ring (bicyclic) bond motifs is 1. The molecule has 0 amide bonds. The van der Waals surface area contributed by atoms with Crippen LogP contribution < -0.4 is 0 Å². The monoisotopic (exact) mass is 225 g/mol. The predicted octanol–water partition coefficient (Wildman–Crippen LogP) is 2.05. The zero-order valence-corrected chi connectivity index (χ0v) is 8.24. The van der Waals surface area contributed by atoms with Crippen molar-refractivity contribution in [2.24, 2.45) is 0 Å². The minimum atomic E-state index is 0.868. The summed E-state index contributed by atoms with van der Waals surface area (Å²) in [5.74, 6) is 0. The molecule has 2 aromatic rings. The van der Waals surface area contributed by atoms with Crippen molar-refractivity contribution in [2.75, 3.05) is 0 Å². The van der Waals surface area contributed by atoms with Gasteiger partial charge in [-0.15, -0.1) is 10.2 Å². The molecule has 0 aliphatic carbocycles. The lowest BCUT2D eigenvalue weighted by Crippen LogP contribution is -1.88.